The molecule has 118 valence electrons. The minimum atomic E-state index is -3.50. The Balaban J connectivity index is 2.46. The van der Waals surface area contributed by atoms with Crippen LogP contribution < -0.4 is 10.5 Å². The molecule has 0 spiro atoms. The van der Waals surface area contributed by atoms with E-state index < -0.39 is 10.0 Å². The van der Waals surface area contributed by atoms with Gasteiger partial charge < -0.3 is 10.5 Å². The lowest BCUT2D eigenvalue weighted by Crippen LogP contribution is -2.47. The maximum Gasteiger partial charge on any atom is 0.243 e. The van der Waals surface area contributed by atoms with Crippen LogP contribution in [0.2, 0.25) is 0 Å². The summed E-state index contributed by atoms with van der Waals surface area (Å²) in [6.07, 6.45) is 2.77. The number of ether oxygens (including phenoxy) is 1. The number of nitrogens with zero attached hydrogens (tertiary/aromatic N) is 1. The van der Waals surface area contributed by atoms with E-state index in [1.54, 1.807) is 30.5 Å². The number of hydrogen-bond acceptors (Lipinski definition) is 4. The van der Waals surface area contributed by atoms with Crippen LogP contribution in [0.3, 0.4) is 0 Å². The Kier molecular flexibility index (Phi) is 4.91. The van der Waals surface area contributed by atoms with Crippen LogP contribution in [-0.4, -0.2) is 39.0 Å². The normalized spacial score (nSPS) is 20.5. The first-order chi connectivity index (χ1) is 9.91. The van der Waals surface area contributed by atoms with E-state index in [1.165, 1.54) is 0 Å². The van der Waals surface area contributed by atoms with E-state index in [4.69, 9.17) is 10.5 Å². The molecule has 0 radical (unpaired) electrons. The van der Waals surface area contributed by atoms with Gasteiger partial charge in [-0.25, -0.2) is 8.42 Å². The van der Waals surface area contributed by atoms with Crippen LogP contribution in [0.25, 0.3) is 0 Å². The minimum Gasteiger partial charge on any atom is -0.496 e. The predicted octanol–water partition coefficient (Wildman–Crippen LogP) is 1.81. The minimum absolute atomic E-state index is 0.0921. The number of hydrogen-bond donors (Lipinski definition) is 1. The Morgan fingerprint density at radius 1 is 1.29 bits per heavy atom. The number of aryl methyl sites for hydroxylation is 2. The lowest BCUT2D eigenvalue weighted by molar-refractivity contribution is 0.257. The molecule has 0 aliphatic carbocycles. The zero-order valence-corrected chi connectivity index (χ0v) is 13.7. The van der Waals surface area contributed by atoms with E-state index in [2.05, 4.69) is 0 Å². The molecule has 5 nitrogen and oxygen atoms in total. The van der Waals surface area contributed by atoms with Crippen LogP contribution in [0.5, 0.6) is 5.75 Å². The van der Waals surface area contributed by atoms with Crippen LogP contribution >= 0.6 is 0 Å². The highest BCUT2D eigenvalue weighted by molar-refractivity contribution is 7.89. The molecule has 1 unspecified atom stereocenters. The summed E-state index contributed by atoms with van der Waals surface area (Å²) in [5.41, 5.74) is 7.29. The topological polar surface area (TPSA) is 72.6 Å². The van der Waals surface area contributed by atoms with Gasteiger partial charge in [-0.15, -0.1) is 0 Å². The average Bonchev–Trinajstić information content (AvgIpc) is 2.48. The van der Waals surface area contributed by atoms with Crippen molar-refractivity contribution in [2.75, 3.05) is 20.2 Å². The summed E-state index contributed by atoms with van der Waals surface area (Å²) in [5, 5.41) is 0. The van der Waals surface area contributed by atoms with Crippen LogP contribution in [0.4, 0.5) is 0 Å². The van der Waals surface area contributed by atoms with E-state index in [1.807, 2.05) is 6.92 Å². The van der Waals surface area contributed by atoms with Gasteiger partial charge in [-0.05, 0) is 49.9 Å². The molecule has 1 aromatic rings. The van der Waals surface area contributed by atoms with Crippen molar-refractivity contribution in [1.82, 2.24) is 4.31 Å². The average molecular weight is 312 g/mol. The molecule has 2 rings (SSSR count). The molecule has 0 saturated carbocycles. The molecule has 0 bridgehead atoms. The van der Waals surface area contributed by atoms with Gasteiger partial charge in [0.1, 0.15) is 5.75 Å². The van der Waals surface area contributed by atoms with Crippen LogP contribution in [-0.2, 0) is 10.0 Å². The van der Waals surface area contributed by atoms with Gasteiger partial charge in [-0.3, -0.25) is 0 Å². The number of sulfonamides is 1. The highest BCUT2D eigenvalue weighted by Gasteiger charge is 2.33. The van der Waals surface area contributed by atoms with Crippen LogP contribution in [0, 0.1) is 13.8 Å². The number of methoxy groups -OCH3 is 1. The Morgan fingerprint density at radius 3 is 2.62 bits per heavy atom. The van der Waals surface area contributed by atoms with Crippen LogP contribution in [0.15, 0.2) is 17.0 Å². The zero-order chi connectivity index (χ0) is 15.6. The first-order valence-corrected chi connectivity index (χ1v) is 8.73. The van der Waals surface area contributed by atoms with Crippen molar-refractivity contribution < 1.29 is 13.2 Å². The molecule has 1 heterocycles. The Hall–Kier alpha value is -1.11. The maximum absolute atomic E-state index is 13.0. The van der Waals surface area contributed by atoms with Gasteiger partial charge in [0.2, 0.25) is 10.0 Å². The van der Waals surface area contributed by atoms with Gasteiger partial charge in [-0.1, -0.05) is 6.42 Å². The molecule has 1 atom stereocenters. The molecular weight excluding hydrogens is 288 g/mol. The summed E-state index contributed by atoms with van der Waals surface area (Å²) in [4.78, 5) is 0.362. The van der Waals surface area contributed by atoms with Crippen molar-refractivity contribution in [3.05, 3.63) is 23.3 Å². The summed E-state index contributed by atoms with van der Waals surface area (Å²) in [7, 11) is -1.92. The second kappa shape index (κ2) is 6.34. The molecule has 1 saturated heterocycles. The number of nitrogens with two attached hydrogens (primary N) is 1. The summed E-state index contributed by atoms with van der Waals surface area (Å²) in [5.74, 6) is 0.709. The van der Waals surface area contributed by atoms with Crippen molar-refractivity contribution >= 4 is 10.0 Å². The molecule has 1 aliphatic rings. The van der Waals surface area contributed by atoms with Crippen molar-refractivity contribution in [3.63, 3.8) is 0 Å². The van der Waals surface area contributed by atoms with E-state index in [0.29, 0.717) is 29.3 Å². The van der Waals surface area contributed by atoms with E-state index in [9.17, 15) is 8.42 Å². The van der Waals surface area contributed by atoms with Gasteiger partial charge in [0.05, 0.1) is 12.0 Å². The highest BCUT2D eigenvalue weighted by atomic mass is 32.2. The fraction of sp³-hybridized carbons (Fsp3) is 0.600. The van der Waals surface area contributed by atoms with E-state index in [0.717, 1.165) is 24.8 Å². The largest absolute Gasteiger partial charge is 0.496 e. The summed E-state index contributed by atoms with van der Waals surface area (Å²) in [6.45, 7) is 4.58. The van der Waals surface area contributed by atoms with E-state index >= 15 is 0 Å². The molecule has 1 aliphatic heterocycles. The molecule has 6 heteroatoms. The van der Waals surface area contributed by atoms with Crippen molar-refractivity contribution in [3.8, 4) is 5.75 Å². The second-order valence-corrected chi connectivity index (χ2v) is 7.45. The summed E-state index contributed by atoms with van der Waals surface area (Å²) in [6, 6.07) is 3.39. The lowest BCUT2D eigenvalue weighted by Gasteiger charge is -2.34. The predicted molar refractivity (Wildman–Crippen MR) is 83.1 cm³/mol. The third-order valence-corrected chi connectivity index (χ3v) is 6.22. The second-order valence-electron chi connectivity index (χ2n) is 5.59. The Labute approximate surface area is 127 Å². The highest BCUT2D eigenvalue weighted by Crippen LogP contribution is 2.30. The molecule has 21 heavy (non-hydrogen) atoms. The molecule has 2 N–H and O–H groups in total. The maximum atomic E-state index is 13.0. The first kappa shape index (κ1) is 16.3. The van der Waals surface area contributed by atoms with Crippen molar-refractivity contribution in [2.45, 2.75) is 44.0 Å². The number of piperidine rings is 1. The standard InChI is InChI=1S/C15H24N2O3S/c1-11-9-15(12(2)8-14(11)20-3)21(18,19)17-7-5-4-6-13(17)10-16/h8-9,13H,4-7,10,16H2,1-3H3. The molecule has 1 fully saturated rings. The van der Waals surface area contributed by atoms with Crippen molar-refractivity contribution in [1.29, 1.82) is 0 Å². The Bertz CT molecular complexity index is 614. The summed E-state index contributed by atoms with van der Waals surface area (Å²) >= 11 is 0. The molecule has 0 amide bonds. The lowest BCUT2D eigenvalue weighted by atomic mass is 10.1. The molecule has 0 aromatic heterocycles. The van der Waals surface area contributed by atoms with E-state index in [-0.39, 0.29) is 6.04 Å². The van der Waals surface area contributed by atoms with Gasteiger partial charge in [0.25, 0.3) is 0 Å². The summed E-state index contributed by atoms with van der Waals surface area (Å²) < 4.78 is 32.7. The number of benzene rings is 1. The van der Waals surface area contributed by atoms with Crippen molar-refractivity contribution in [2.24, 2.45) is 5.73 Å². The molecular formula is C15H24N2O3S. The fourth-order valence-corrected chi connectivity index (χ4v) is 4.91. The SMILES string of the molecule is COc1cc(C)c(S(=O)(=O)N2CCCCC2CN)cc1C. The molecule has 1 aromatic carbocycles. The third kappa shape index (κ3) is 3.07. The Morgan fingerprint density at radius 2 is 2.00 bits per heavy atom. The van der Waals surface area contributed by atoms with Crippen LogP contribution in [0.1, 0.15) is 30.4 Å². The zero-order valence-electron chi connectivity index (χ0n) is 12.9. The monoisotopic (exact) mass is 312 g/mol. The fourth-order valence-electron chi connectivity index (χ4n) is 2.91. The first-order valence-electron chi connectivity index (χ1n) is 7.29. The van der Waals surface area contributed by atoms with Gasteiger partial charge in [0, 0.05) is 19.1 Å². The smallest absolute Gasteiger partial charge is 0.243 e. The third-order valence-electron chi connectivity index (χ3n) is 4.12. The van der Waals surface area contributed by atoms with Gasteiger partial charge in [-0.2, -0.15) is 4.31 Å². The van der Waals surface area contributed by atoms with Gasteiger partial charge in [0.15, 0.2) is 0 Å². The van der Waals surface area contributed by atoms with Gasteiger partial charge >= 0.3 is 0 Å². The quantitative estimate of drug-likeness (QED) is 0.920. The number of rotatable bonds is 4.